The minimum absolute atomic E-state index is 0.150. The van der Waals surface area contributed by atoms with Crippen molar-refractivity contribution in [2.45, 2.75) is 0 Å². The van der Waals surface area contributed by atoms with Crippen molar-refractivity contribution in [3.63, 3.8) is 0 Å². The van der Waals surface area contributed by atoms with Gasteiger partial charge in [-0.25, -0.2) is 4.39 Å². The van der Waals surface area contributed by atoms with Gasteiger partial charge in [0.25, 0.3) is 0 Å². The monoisotopic (exact) mass is 339 g/mol. The largest absolute Gasteiger partial charge is 0.495 e. The third-order valence-corrected chi connectivity index (χ3v) is 3.39. The van der Waals surface area contributed by atoms with E-state index >= 15 is 0 Å². The first-order valence-electron chi connectivity index (χ1n) is 6.28. The Kier molecular flexibility index (Phi) is 5.41. The Morgan fingerprint density at radius 1 is 1.27 bits per heavy atom. The molecule has 2 rings (SSSR count). The minimum atomic E-state index is -0.503. The van der Waals surface area contributed by atoms with Crippen LogP contribution < -0.4 is 10.1 Å². The van der Waals surface area contributed by atoms with Gasteiger partial charge in [-0.2, -0.15) is 0 Å². The van der Waals surface area contributed by atoms with Crippen LogP contribution in [0.1, 0.15) is 5.56 Å². The average molecular weight is 340 g/mol. The van der Waals surface area contributed by atoms with Gasteiger partial charge in [0, 0.05) is 16.7 Å². The number of hydrogen-bond acceptors (Lipinski definition) is 2. The fourth-order valence-electron chi connectivity index (χ4n) is 1.78. The average Bonchev–Trinajstić information content (AvgIpc) is 2.47. The Morgan fingerprint density at radius 3 is 2.73 bits per heavy atom. The summed E-state index contributed by atoms with van der Waals surface area (Å²) in [6, 6.07) is 9.14. The van der Waals surface area contributed by atoms with Crippen LogP contribution in [0.3, 0.4) is 0 Å². The number of methoxy groups -OCH3 is 1. The summed E-state index contributed by atoms with van der Waals surface area (Å²) in [4.78, 5) is 11.9. The van der Waals surface area contributed by atoms with Gasteiger partial charge in [-0.3, -0.25) is 4.79 Å². The molecule has 3 nitrogen and oxygen atoms in total. The molecular weight excluding hydrogens is 328 g/mol. The fraction of sp³-hybridized carbons (Fsp3) is 0.0625. The van der Waals surface area contributed by atoms with Crippen molar-refractivity contribution < 1.29 is 13.9 Å². The molecule has 0 aromatic heterocycles. The van der Waals surface area contributed by atoms with Gasteiger partial charge in [0.2, 0.25) is 5.91 Å². The lowest BCUT2D eigenvalue weighted by atomic mass is 10.2. The van der Waals surface area contributed by atoms with E-state index in [0.717, 1.165) is 0 Å². The quantitative estimate of drug-likeness (QED) is 0.813. The molecule has 2 aromatic rings. The second kappa shape index (κ2) is 7.29. The Bertz CT molecular complexity index is 712. The molecule has 0 saturated carbocycles. The van der Waals surface area contributed by atoms with Crippen LogP contribution in [0.5, 0.6) is 5.75 Å². The molecule has 6 heteroatoms. The molecular formula is C16H12Cl2FNO2. The van der Waals surface area contributed by atoms with E-state index in [0.29, 0.717) is 16.5 Å². The predicted octanol–water partition coefficient (Wildman–Crippen LogP) is 4.79. The molecule has 114 valence electrons. The second-order valence-electron chi connectivity index (χ2n) is 4.30. The Balaban J connectivity index is 2.17. The topological polar surface area (TPSA) is 38.3 Å². The molecule has 1 N–H and O–H groups in total. The number of anilines is 1. The molecule has 0 aliphatic rings. The minimum Gasteiger partial charge on any atom is -0.495 e. The maximum absolute atomic E-state index is 13.6. The van der Waals surface area contributed by atoms with Crippen molar-refractivity contribution in [3.8, 4) is 5.75 Å². The van der Waals surface area contributed by atoms with Crippen molar-refractivity contribution in [3.05, 3.63) is 63.9 Å². The highest BCUT2D eigenvalue weighted by atomic mass is 35.5. The number of carbonyl (C=O) groups is 1. The number of amides is 1. The van der Waals surface area contributed by atoms with Gasteiger partial charge in [-0.05, 0) is 36.4 Å². The van der Waals surface area contributed by atoms with E-state index in [2.05, 4.69) is 5.32 Å². The Hall–Kier alpha value is -2.04. The van der Waals surface area contributed by atoms with Crippen LogP contribution in [0.2, 0.25) is 10.0 Å². The number of nitrogens with one attached hydrogen (secondary N) is 1. The number of hydrogen-bond donors (Lipinski definition) is 1. The van der Waals surface area contributed by atoms with E-state index in [-0.39, 0.29) is 10.6 Å². The smallest absolute Gasteiger partial charge is 0.248 e. The van der Waals surface area contributed by atoms with Gasteiger partial charge < -0.3 is 10.1 Å². The molecule has 22 heavy (non-hydrogen) atoms. The van der Waals surface area contributed by atoms with Crippen LogP contribution in [0.25, 0.3) is 6.08 Å². The second-order valence-corrected chi connectivity index (χ2v) is 5.15. The van der Waals surface area contributed by atoms with Crippen molar-refractivity contribution in [2.75, 3.05) is 12.4 Å². The third-order valence-electron chi connectivity index (χ3n) is 2.82. The SMILES string of the molecule is COc1ccc(Cl)cc1NC(=O)/C=C/c1c(F)cccc1Cl. The first-order valence-corrected chi connectivity index (χ1v) is 7.03. The zero-order valence-electron chi connectivity index (χ0n) is 11.6. The van der Waals surface area contributed by atoms with Crippen LogP contribution in [-0.2, 0) is 4.79 Å². The number of rotatable bonds is 4. The van der Waals surface area contributed by atoms with E-state index in [1.165, 1.54) is 31.4 Å². The van der Waals surface area contributed by atoms with Crippen LogP contribution >= 0.6 is 23.2 Å². The maximum Gasteiger partial charge on any atom is 0.248 e. The number of carbonyl (C=O) groups excluding carboxylic acids is 1. The highest BCUT2D eigenvalue weighted by molar-refractivity contribution is 6.32. The molecule has 0 aliphatic carbocycles. The van der Waals surface area contributed by atoms with Crippen LogP contribution in [0.4, 0.5) is 10.1 Å². The molecule has 0 unspecified atom stereocenters. The van der Waals surface area contributed by atoms with Crippen molar-refractivity contribution in [2.24, 2.45) is 0 Å². The Labute approximate surface area is 137 Å². The maximum atomic E-state index is 13.6. The number of benzene rings is 2. The highest BCUT2D eigenvalue weighted by Gasteiger charge is 2.07. The molecule has 0 atom stereocenters. The molecule has 0 radical (unpaired) electrons. The van der Waals surface area contributed by atoms with Gasteiger partial charge in [0.1, 0.15) is 11.6 Å². The predicted molar refractivity (Wildman–Crippen MR) is 87.1 cm³/mol. The number of halogens is 3. The molecule has 0 heterocycles. The molecule has 1 amide bonds. The van der Waals surface area contributed by atoms with E-state index < -0.39 is 11.7 Å². The van der Waals surface area contributed by atoms with Gasteiger partial charge in [-0.1, -0.05) is 29.3 Å². The summed E-state index contributed by atoms with van der Waals surface area (Å²) in [7, 11) is 1.48. The highest BCUT2D eigenvalue weighted by Crippen LogP contribution is 2.27. The molecule has 0 saturated heterocycles. The summed E-state index contributed by atoms with van der Waals surface area (Å²) in [5.41, 5.74) is 0.571. The van der Waals surface area contributed by atoms with Crippen LogP contribution in [0.15, 0.2) is 42.5 Å². The third kappa shape index (κ3) is 4.00. The summed E-state index contributed by atoms with van der Waals surface area (Å²) in [5.74, 6) is -0.494. The molecule has 0 aliphatic heterocycles. The first-order chi connectivity index (χ1) is 10.5. The zero-order chi connectivity index (χ0) is 16.1. The summed E-state index contributed by atoms with van der Waals surface area (Å²) < 4.78 is 18.7. The number of ether oxygens (including phenoxy) is 1. The van der Waals surface area contributed by atoms with Crippen molar-refractivity contribution in [1.29, 1.82) is 0 Å². The van der Waals surface area contributed by atoms with E-state index in [1.807, 2.05) is 0 Å². The van der Waals surface area contributed by atoms with Crippen molar-refractivity contribution in [1.82, 2.24) is 0 Å². The molecule has 0 spiro atoms. The van der Waals surface area contributed by atoms with Crippen LogP contribution in [0, 0.1) is 5.82 Å². The lowest BCUT2D eigenvalue weighted by molar-refractivity contribution is -0.111. The van der Waals surface area contributed by atoms with Crippen LogP contribution in [-0.4, -0.2) is 13.0 Å². The zero-order valence-corrected chi connectivity index (χ0v) is 13.1. The summed E-state index contributed by atoms with van der Waals surface area (Å²) in [6.07, 6.45) is 2.49. The molecule has 0 bridgehead atoms. The van der Waals surface area contributed by atoms with Gasteiger partial charge in [-0.15, -0.1) is 0 Å². The summed E-state index contributed by atoms with van der Waals surface area (Å²) in [6.45, 7) is 0. The van der Waals surface area contributed by atoms with E-state index in [9.17, 15) is 9.18 Å². The van der Waals surface area contributed by atoms with E-state index in [4.69, 9.17) is 27.9 Å². The fourth-order valence-corrected chi connectivity index (χ4v) is 2.18. The Morgan fingerprint density at radius 2 is 2.05 bits per heavy atom. The molecule has 0 fully saturated rings. The van der Waals surface area contributed by atoms with E-state index in [1.54, 1.807) is 24.3 Å². The normalized spacial score (nSPS) is 10.7. The van der Waals surface area contributed by atoms with Crippen molar-refractivity contribution >= 4 is 40.9 Å². The van der Waals surface area contributed by atoms with Gasteiger partial charge in [0.15, 0.2) is 0 Å². The first kappa shape index (κ1) is 16.3. The van der Waals surface area contributed by atoms with Gasteiger partial charge in [0.05, 0.1) is 17.8 Å². The lowest BCUT2D eigenvalue weighted by Crippen LogP contribution is -2.09. The standard InChI is InChI=1S/C16H12Cl2FNO2/c1-22-15-7-5-10(17)9-14(15)20-16(21)8-6-11-12(18)3-2-4-13(11)19/h2-9H,1H3,(H,20,21)/b8-6+. The molecule has 2 aromatic carbocycles. The summed E-state index contributed by atoms with van der Waals surface area (Å²) >= 11 is 11.8. The summed E-state index contributed by atoms with van der Waals surface area (Å²) in [5, 5.41) is 3.29. The lowest BCUT2D eigenvalue weighted by Gasteiger charge is -2.09. The van der Waals surface area contributed by atoms with Gasteiger partial charge >= 0.3 is 0 Å².